The third-order valence-electron chi connectivity index (χ3n) is 3.25. The first-order chi connectivity index (χ1) is 9.24. The van der Waals surface area contributed by atoms with Crippen LogP contribution in [0.25, 0.3) is 0 Å². The lowest BCUT2D eigenvalue weighted by Crippen LogP contribution is -2.30. The average Bonchev–Trinajstić information content (AvgIpc) is 3.00. The van der Waals surface area contributed by atoms with Crippen LogP contribution < -0.4 is 5.32 Å². The maximum Gasteiger partial charge on any atom is 0.0814 e. The maximum absolute atomic E-state index is 5.98. The van der Waals surface area contributed by atoms with Gasteiger partial charge in [-0.05, 0) is 36.8 Å². The predicted octanol–water partition coefficient (Wildman–Crippen LogP) is 3.06. The van der Waals surface area contributed by atoms with Crippen molar-refractivity contribution in [1.29, 1.82) is 0 Å². The Balaban J connectivity index is 1.54. The fraction of sp³-hybridized carbons (Fsp3) is 0.733. The highest BCUT2D eigenvalue weighted by Crippen LogP contribution is 2.20. The summed E-state index contributed by atoms with van der Waals surface area (Å²) in [6.45, 7) is 7.93. The van der Waals surface area contributed by atoms with Gasteiger partial charge in [0.05, 0.1) is 25.4 Å². The van der Waals surface area contributed by atoms with Crippen molar-refractivity contribution < 1.29 is 9.47 Å². The molecule has 1 aliphatic heterocycles. The minimum atomic E-state index is 0.283. The number of hydrogen-bond donors (Lipinski definition) is 1. The molecular formula is C15H25NO2S. The lowest BCUT2D eigenvalue weighted by Gasteiger charge is -2.15. The van der Waals surface area contributed by atoms with Gasteiger partial charge in [-0.25, -0.2) is 0 Å². The van der Waals surface area contributed by atoms with E-state index >= 15 is 0 Å². The fourth-order valence-corrected chi connectivity index (χ4v) is 2.91. The Bertz CT molecular complexity index is 340. The Kier molecular flexibility index (Phi) is 6.31. The summed E-state index contributed by atoms with van der Waals surface area (Å²) < 4.78 is 11.7. The van der Waals surface area contributed by atoms with E-state index in [2.05, 4.69) is 36.7 Å². The average molecular weight is 283 g/mol. The van der Waals surface area contributed by atoms with Gasteiger partial charge in [0, 0.05) is 11.4 Å². The molecule has 1 saturated heterocycles. The summed E-state index contributed by atoms with van der Waals surface area (Å²) in [5.41, 5.74) is 0. The van der Waals surface area contributed by atoms with Gasteiger partial charge in [-0.3, -0.25) is 0 Å². The molecule has 4 heteroatoms. The summed E-state index contributed by atoms with van der Waals surface area (Å²) in [4.78, 5) is 1.29. The molecule has 1 N–H and O–H groups in total. The molecule has 19 heavy (non-hydrogen) atoms. The van der Waals surface area contributed by atoms with Crippen LogP contribution in [0.15, 0.2) is 17.5 Å². The third-order valence-corrected chi connectivity index (χ3v) is 4.10. The molecule has 3 nitrogen and oxygen atoms in total. The molecule has 0 aromatic carbocycles. The van der Waals surface area contributed by atoms with Gasteiger partial charge in [-0.15, -0.1) is 11.3 Å². The van der Waals surface area contributed by atoms with Crippen molar-refractivity contribution in [1.82, 2.24) is 5.32 Å². The molecular weight excluding hydrogens is 258 g/mol. The number of thiophene rings is 1. The van der Waals surface area contributed by atoms with E-state index in [9.17, 15) is 0 Å². The molecule has 0 amide bonds. The highest BCUT2D eigenvalue weighted by molar-refractivity contribution is 7.09. The molecule has 2 heterocycles. The Morgan fingerprint density at radius 2 is 2.26 bits per heavy atom. The largest absolute Gasteiger partial charge is 0.373 e. The summed E-state index contributed by atoms with van der Waals surface area (Å²) in [6.07, 6.45) is 2.93. The van der Waals surface area contributed by atoms with Crippen molar-refractivity contribution in [3.8, 4) is 0 Å². The number of ether oxygens (including phenoxy) is 2. The molecule has 0 spiro atoms. The van der Waals surface area contributed by atoms with Crippen LogP contribution >= 0.6 is 11.3 Å². The van der Waals surface area contributed by atoms with Crippen molar-refractivity contribution >= 4 is 11.3 Å². The molecule has 1 fully saturated rings. The van der Waals surface area contributed by atoms with E-state index in [1.54, 1.807) is 11.3 Å². The van der Waals surface area contributed by atoms with Crippen LogP contribution in [0.2, 0.25) is 0 Å². The minimum absolute atomic E-state index is 0.283. The highest BCUT2D eigenvalue weighted by atomic mass is 32.1. The molecule has 0 radical (unpaired) electrons. The fourth-order valence-electron chi connectivity index (χ4n) is 2.27. The van der Waals surface area contributed by atoms with Crippen LogP contribution in [-0.2, 0) is 16.1 Å². The summed E-state index contributed by atoms with van der Waals surface area (Å²) in [5, 5.41) is 5.55. The van der Waals surface area contributed by atoms with E-state index in [0.29, 0.717) is 18.6 Å². The summed E-state index contributed by atoms with van der Waals surface area (Å²) in [7, 11) is 0. The standard InChI is InChI=1S/C15H25NO2S/c1-12(2)8-16-9-13-5-6-14(18-13)10-17-11-15-4-3-7-19-15/h3-4,7,12-14,16H,5-6,8-11H2,1-2H3. The Hall–Kier alpha value is -0.420. The summed E-state index contributed by atoms with van der Waals surface area (Å²) >= 11 is 1.74. The van der Waals surface area contributed by atoms with Crippen molar-refractivity contribution in [3.63, 3.8) is 0 Å². The molecule has 0 saturated carbocycles. The first kappa shape index (κ1) is 15.0. The van der Waals surface area contributed by atoms with Crippen molar-refractivity contribution in [2.45, 2.75) is 45.5 Å². The van der Waals surface area contributed by atoms with Crippen LogP contribution in [0.4, 0.5) is 0 Å². The van der Waals surface area contributed by atoms with E-state index in [-0.39, 0.29) is 6.10 Å². The molecule has 2 unspecified atom stereocenters. The number of nitrogens with one attached hydrogen (secondary N) is 1. The predicted molar refractivity (Wildman–Crippen MR) is 79.6 cm³/mol. The van der Waals surface area contributed by atoms with Gasteiger partial charge in [-0.2, -0.15) is 0 Å². The van der Waals surface area contributed by atoms with Gasteiger partial charge < -0.3 is 14.8 Å². The Morgan fingerprint density at radius 3 is 3.00 bits per heavy atom. The van der Waals surface area contributed by atoms with Crippen LogP contribution in [0, 0.1) is 5.92 Å². The van der Waals surface area contributed by atoms with Gasteiger partial charge >= 0.3 is 0 Å². The monoisotopic (exact) mass is 283 g/mol. The zero-order chi connectivity index (χ0) is 13.5. The molecule has 2 rings (SSSR count). The molecule has 108 valence electrons. The SMILES string of the molecule is CC(C)CNCC1CCC(COCc2cccs2)O1. The molecule has 1 aromatic heterocycles. The van der Waals surface area contributed by atoms with Crippen LogP contribution in [-0.4, -0.2) is 31.9 Å². The summed E-state index contributed by atoms with van der Waals surface area (Å²) in [5.74, 6) is 0.700. The lowest BCUT2D eigenvalue weighted by atomic mass is 10.2. The Labute approximate surface area is 120 Å². The lowest BCUT2D eigenvalue weighted by molar-refractivity contribution is -0.0185. The maximum atomic E-state index is 5.98. The van der Waals surface area contributed by atoms with Gasteiger partial charge in [0.15, 0.2) is 0 Å². The minimum Gasteiger partial charge on any atom is -0.373 e. The van der Waals surface area contributed by atoms with E-state index in [4.69, 9.17) is 9.47 Å². The quantitative estimate of drug-likeness (QED) is 0.795. The second-order valence-electron chi connectivity index (χ2n) is 5.60. The smallest absolute Gasteiger partial charge is 0.0814 e. The second-order valence-corrected chi connectivity index (χ2v) is 6.64. The normalized spacial score (nSPS) is 23.3. The zero-order valence-electron chi connectivity index (χ0n) is 11.9. The van der Waals surface area contributed by atoms with Crippen molar-refractivity contribution in [3.05, 3.63) is 22.4 Å². The zero-order valence-corrected chi connectivity index (χ0v) is 12.7. The summed E-state index contributed by atoms with van der Waals surface area (Å²) in [6, 6.07) is 4.17. The van der Waals surface area contributed by atoms with Crippen molar-refractivity contribution in [2.24, 2.45) is 5.92 Å². The Morgan fingerprint density at radius 1 is 1.42 bits per heavy atom. The third kappa shape index (κ3) is 5.61. The molecule has 1 aromatic rings. The van der Waals surface area contributed by atoms with Crippen LogP contribution in [0.5, 0.6) is 0 Å². The molecule has 0 aliphatic carbocycles. The molecule has 2 atom stereocenters. The highest BCUT2D eigenvalue weighted by Gasteiger charge is 2.24. The van der Waals surface area contributed by atoms with Gasteiger partial charge in [0.2, 0.25) is 0 Å². The van der Waals surface area contributed by atoms with E-state index in [1.165, 1.54) is 4.88 Å². The van der Waals surface area contributed by atoms with E-state index < -0.39 is 0 Å². The molecule has 1 aliphatic rings. The topological polar surface area (TPSA) is 30.5 Å². The first-order valence-electron chi connectivity index (χ1n) is 7.20. The first-order valence-corrected chi connectivity index (χ1v) is 8.08. The number of rotatable bonds is 8. The molecule has 0 bridgehead atoms. The van der Waals surface area contributed by atoms with Gasteiger partial charge in [-0.1, -0.05) is 19.9 Å². The van der Waals surface area contributed by atoms with Gasteiger partial charge in [0.25, 0.3) is 0 Å². The number of hydrogen-bond acceptors (Lipinski definition) is 4. The second kappa shape index (κ2) is 8.00. The van der Waals surface area contributed by atoms with Crippen LogP contribution in [0.1, 0.15) is 31.6 Å². The van der Waals surface area contributed by atoms with Crippen molar-refractivity contribution in [2.75, 3.05) is 19.7 Å². The van der Waals surface area contributed by atoms with Gasteiger partial charge in [0.1, 0.15) is 0 Å². The van der Waals surface area contributed by atoms with E-state index in [1.807, 2.05) is 0 Å². The van der Waals surface area contributed by atoms with E-state index in [0.717, 1.165) is 32.5 Å². The van der Waals surface area contributed by atoms with Crippen LogP contribution in [0.3, 0.4) is 0 Å².